The predicted octanol–water partition coefficient (Wildman–Crippen LogP) is 5.74. The summed E-state index contributed by atoms with van der Waals surface area (Å²) >= 11 is 14.5. The highest BCUT2D eigenvalue weighted by atomic mass is 127. The summed E-state index contributed by atoms with van der Waals surface area (Å²) in [4.78, 5) is 28.2. The fraction of sp³-hybridized carbons (Fsp3) is 0.259. The first-order valence-electron chi connectivity index (χ1n) is 11.8. The number of halogens is 3. The highest BCUT2D eigenvalue weighted by molar-refractivity contribution is 14.1. The third-order valence-electron chi connectivity index (χ3n) is 5.68. The zero-order chi connectivity index (χ0) is 28.0. The van der Waals surface area contributed by atoms with Gasteiger partial charge in [-0.25, -0.2) is 8.42 Å². The van der Waals surface area contributed by atoms with Gasteiger partial charge in [-0.05, 0) is 97.5 Å². The van der Waals surface area contributed by atoms with Gasteiger partial charge in [0.2, 0.25) is 11.8 Å². The van der Waals surface area contributed by atoms with Crippen molar-refractivity contribution in [2.24, 2.45) is 0 Å². The third kappa shape index (κ3) is 7.62. The van der Waals surface area contributed by atoms with Gasteiger partial charge in [-0.15, -0.1) is 0 Å². The summed E-state index contributed by atoms with van der Waals surface area (Å²) < 4.78 is 29.4. The Kier molecular flexibility index (Phi) is 10.4. The Bertz CT molecular complexity index is 1390. The Labute approximate surface area is 247 Å². The van der Waals surface area contributed by atoms with E-state index in [4.69, 9.17) is 23.2 Å². The first-order chi connectivity index (χ1) is 17.9. The van der Waals surface area contributed by atoms with Gasteiger partial charge < -0.3 is 10.2 Å². The van der Waals surface area contributed by atoms with Crippen LogP contribution in [0.1, 0.15) is 26.3 Å². The van der Waals surface area contributed by atoms with Crippen LogP contribution in [0.4, 0.5) is 5.69 Å². The second-order valence-corrected chi connectivity index (χ2v) is 12.8. The van der Waals surface area contributed by atoms with Gasteiger partial charge in [-0.1, -0.05) is 47.5 Å². The Balaban J connectivity index is 2.03. The van der Waals surface area contributed by atoms with E-state index in [0.29, 0.717) is 21.3 Å². The maximum Gasteiger partial charge on any atom is 0.264 e. The van der Waals surface area contributed by atoms with Crippen molar-refractivity contribution in [1.29, 1.82) is 0 Å². The van der Waals surface area contributed by atoms with Crippen molar-refractivity contribution in [2.75, 3.05) is 10.8 Å². The molecule has 7 nitrogen and oxygen atoms in total. The molecule has 0 fully saturated rings. The van der Waals surface area contributed by atoms with E-state index in [2.05, 4.69) is 27.9 Å². The normalized spacial score (nSPS) is 12.2. The molecule has 1 N–H and O–H groups in total. The maximum absolute atomic E-state index is 13.9. The predicted molar refractivity (Wildman–Crippen MR) is 160 cm³/mol. The average molecular weight is 688 g/mol. The lowest BCUT2D eigenvalue weighted by Crippen LogP contribution is -2.52. The van der Waals surface area contributed by atoms with E-state index < -0.39 is 28.5 Å². The van der Waals surface area contributed by atoms with E-state index in [9.17, 15) is 18.0 Å². The first kappa shape index (κ1) is 30.2. The van der Waals surface area contributed by atoms with Gasteiger partial charge in [-0.3, -0.25) is 13.9 Å². The van der Waals surface area contributed by atoms with Crippen LogP contribution in [0.25, 0.3) is 0 Å². The molecule has 11 heteroatoms. The van der Waals surface area contributed by atoms with Gasteiger partial charge in [0.15, 0.2) is 0 Å². The monoisotopic (exact) mass is 687 g/mol. The molecule has 38 heavy (non-hydrogen) atoms. The van der Waals surface area contributed by atoms with Crippen molar-refractivity contribution in [3.05, 3.63) is 92.0 Å². The third-order valence-corrected chi connectivity index (χ3v) is 8.77. The minimum Gasteiger partial charge on any atom is -0.352 e. The number of carbonyl (C=O) groups excluding carboxylic acids is 2. The number of anilines is 1. The molecule has 0 aliphatic carbocycles. The van der Waals surface area contributed by atoms with Crippen LogP contribution >= 0.6 is 45.8 Å². The van der Waals surface area contributed by atoms with Gasteiger partial charge in [0.25, 0.3) is 10.0 Å². The molecule has 0 aliphatic rings. The molecule has 2 amide bonds. The molecule has 3 aromatic rings. The summed E-state index contributed by atoms with van der Waals surface area (Å²) in [7, 11) is -4.11. The standard InChI is InChI=1S/C27H28Cl2IN3O4S/c1-18(2)31-27(35)19(3)32(16-20-9-10-21(28)15-25(20)29)26(34)17-33(23-13-11-22(30)12-14-23)38(36,37)24-7-5-4-6-8-24/h4-15,18-19H,16-17H2,1-3H3,(H,31,35)/t19-/m0/s1. The van der Waals surface area contributed by atoms with Crippen LogP contribution in [0, 0.1) is 3.57 Å². The fourth-order valence-corrected chi connectivity index (χ4v) is 5.94. The molecule has 202 valence electrons. The quantitative estimate of drug-likeness (QED) is 0.276. The molecule has 0 radical (unpaired) electrons. The summed E-state index contributed by atoms with van der Waals surface area (Å²) in [5.74, 6) is -0.939. The number of carbonyl (C=O) groups is 2. The van der Waals surface area contributed by atoms with Gasteiger partial charge in [0.05, 0.1) is 10.6 Å². The van der Waals surface area contributed by atoms with E-state index in [-0.39, 0.29) is 23.4 Å². The highest BCUT2D eigenvalue weighted by Crippen LogP contribution is 2.27. The molecule has 3 aromatic carbocycles. The van der Waals surface area contributed by atoms with Crippen LogP contribution in [-0.2, 0) is 26.2 Å². The Morgan fingerprint density at radius 2 is 1.58 bits per heavy atom. The molecule has 1 atom stereocenters. The zero-order valence-electron chi connectivity index (χ0n) is 21.1. The van der Waals surface area contributed by atoms with Crippen LogP contribution in [0.3, 0.4) is 0 Å². The molecule has 0 heterocycles. The lowest BCUT2D eigenvalue weighted by atomic mass is 10.1. The summed E-state index contributed by atoms with van der Waals surface area (Å²) in [6, 6.07) is 18.5. The molecule has 0 aromatic heterocycles. The number of nitrogens with zero attached hydrogens (tertiary/aromatic N) is 2. The first-order valence-corrected chi connectivity index (χ1v) is 15.0. The van der Waals surface area contributed by atoms with Crippen LogP contribution in [-0.4, -0.2) is 43.8 Å². The van der Waals surface area contributed by atoms with E-state index in [1.54, 1.807) is 67.6 Å². The van der Waals surface area contributed by atoms with Crippen molar-refractivity contribution < 1.29 is 18.0 Å². The molecule has 0 bridgehead atoms. The molecule has 0 unspecified atom stereocenters. The molecule has 0 aliphatic heterocycles. The second kappa shape index (κ2) is 13.1. The van der Waals surface area contributed by atoms with Crippen LogP contribution in [0.15, 0.2) is 77.7 Å². The highest BCUT2D eigenvalue weighted by Gasteiger charge is 2.32. The van der Waals surface area contributed by atoms with Crippen molar-refractivity contribution in [2.45, 2.75) is 44.3 Å². The lowest BCUT2D eigenvalue weighted by molar-refractivity contribution is -0.139. The van der Waals surface area contributed by atoms with Gasteiger partial charge in [0, 0.05) is 26.2 Å². The number of benzene rings is 3. The minimum atomic E-state index is -4.11. The smallest absolute Gasteiger partial charge is 0.264 e. The zero-order valence-corrected chi connectivity index (χ0v) is 25.6. The molecular weight excluding hydrogens is 660 g/mol. The van der Waals surface area contributed by atoms with Crippen molar-refractivity contribution in [3.63, 3.8) is 0 Å². The van der Waals surface area contributed by atoms with Gasteiger partial charge >= 0.3 is 0 Å². The summed E-state index contributed by atoms with van der Waals surface area (Å²) in [6.07, 6.45) is 0. The van der Waals surface area contributed by atoms with Crippen LogP contribution < -0.4 is 9.62 Å². The number of hydrogen-bond acceptors (Lipinski definition) is 4. The number of sulfonamides is 1. The largest absolute Gasteiger partial charge is 0.352 e. The Morgan fingerprint density at radius 1 is 0.947 bits per heavy atom. The lowest BCUT2D eigenvalue weighted by Gasteiger charge is -2.32. The van der Waals surface area contributed by atoms with Gasteiger partial charge in [-0.2, -0.15) is 0 Å². The second-order valence-electron chi connectivity index (χ2n) is 8.90. The number of hydrogen-bond donors (Lipinski definition) is 1. The Hall–Kier alpha value is -2.34. The topological polar surface area (TPSA) is 86.8 Å². The Morgan fingerprint density at radius 3 is 2.16 bits per heavy atom. The van der Waals surface area contributed by atoms with Crippen LogP contribution in [0.2, 0.25) is 10.0 Å². The summed E-state index contributed by atoms with van der Waals surface area (Å²) in [5.41, 5.74) is 0.895. The van der Waals surface area contributed by atoms with Crippen molar-refractivity contribution >= 4 is 73.3 Å². The molecule has 0 spiro atoms. The fourth-order valence-electron chi connectivity index (χ4n) is 3.68. The maximum atomic E-state index is 13.9. The molecular formula is C27H28Cl2IN3O4S. The van der Waals surface area contributed by atoms with Crippen molar-refractivity contribution in [1.82, 2.24) is 10.2 Å². The summed E-state index contributed by atoms with van der Waals surface area (Å²) in [6.45, 7) is 4.69. The number of amides is 2. The van der Waals surface area contributed by atoms with Crippen LogP contribution in [0.5, 0.6) is 0 Å². The van der Waals surface area contributed by atoms with E-state index in [1.807, 2.05) is 13.8 Å². The average Bonchev–Trinajstić information content (AvgIpc) is 2.87. The van der Waals surface area contributed by atoms with E-state index in [1.165, 1.54) is 17.0 Å². The summed E-state index contributed by atoms with van der Waals surface area (Å²) in [5, 5.41) is 3.58. The SMILES string of the molecule is CC(C)NC(=O)[C@H](C)N(Cc1ccc(Cl)cc1Cl)C(=O)CN(c1ccc(I)cc1)S(=O)(=O)c1ccccc1. The molecule has 3 rings (SSSR count). The van der Waals surface area contributed by atoms with E-state index in [0.717, 1.165) is 7.88 Å². The minimum absolute atomic E-state index is 0.0204. The van der Waals surface area contributed by atoms with Gasteiger partial charge in [0.1, 0.15) is 12.6 Å². The molecule has 0 saturated heterocycles. The number of nitrogens with one attached hydrogen (secondary N) is 1. The van der Waals surface area contributed by atoms with E-state index >= 15 is 0 Å². The van der Waals surface area contributed by atoms with Crippen molar-refractivity contribution in [3.8, 4) is 0 Å². The molecule has 0 saturated carbocycles. The number of rotatable bonds is 10.